The van der Waals surface area contributed by atoms with E-state index in [2.05, 4.69) is 19.2 Å². The Balaban J connectivity index is 2.12. The van der Waals surface area contributed by atoms with E-state index < -0.39 is 0 Å². The lowest BCUT2D eigenvalue weighted by atomic mass is 10.1. The van der Waals surface area contributed by atoms with Crippen LogP contribution in [0.4, 0.5) is 0 Å². The molecule has 5 heteroatoms. The molecule has 0 saturated carbocycles. The first-order chi connectivity index (χ1) is 9.20. The second kappa shape index (κ2) is 6.63. The fourth-order valence-electron chi connectivity index (χ4n) is 1.79. The third kappa shape index (κ3) is 3.75. The predicted octanol–water partition coefficient (Wildman–Crippen LogP) is 1.94. The minimum Gasteiger partial charge on any atom is -0.491 e. The van der Waals surface area contributed by atoms with Gasteiger partial charge in [-0.05, 0) is 6.07 Å². The summed E-state index contributed by atoms with van der Waals surface area (Å²) < 4.78 is 21.5. The molecule has 0 aromatic heterocycles. The SMILES string of the molecule is COCCOc1cc2c(cc1CNC(C)C)OCO2. The predicted molar refractivity (Wildman–Crippen MR) is 71.9 cm³/mol. The molecule has 1 N–H and O–H groups in total. The number of benzene rings is 1. The van der Waals surface area contributed by atoms with Crippen molar-refractivity contribution in [3.63, 3.8) is 0 Å². The number of ether oxygens (including phenoxy) is 4. The van der Waals surface area contributed by atoms with Crippen LogP contribution in [0, 0.1) is 0 Å². The summed E-state index contributed by atoms with van der Waals surface area (Å²) in [6, 6.07) is 4.27. The lowest BCUT2D eigenvalue weighted by Gasteiger charge is -2.14. The van der Waals surface area contributed by atoms with E-state index in [4.69, 9.17) is 18.9 Å². The van der Waals surface area contributed by atoms with Gasteiger partial charge in [0, 0.05) is 31.3 Å². The molecule has 1 aromatic rings. The van der Waals surface area contributed by atoms with Crippen molar-refractivity contribution in [3.8, 4) is 17.2 Å². The van der Waals surface area contributed by atoms with Crippen LogP contribution in [-0.4, -0.2) is 33.2 Å². The standard InChI is InChI=1S/C14H21NO4/c1-10(2)15-8-11-6-13-14(19-9-18-13)7-12(11)17-5-4-16-3/h6-7,10,15H,4-5,8-9H2,1-3H3. The summed E-state index contributed by atoms with van der Waals surface area (Å²) >= 11 is 0. The molecule has 1 aliphatic rings. The van der Waals surface area contributed by atoms with Gasteiger partial charge >= 0.3 is 0 Å². The van der Waals surface area contributed by atoms with Crippen molar-refractivity contribution in [2.45, 2.75) is 26.4 Å². The van der Waals surface area contributed by atoms with Gasteiger partial charge in [-0.25, -0.2) is 0 Å². The van der Waals surface area contributed by atoms with Gasteiger partial charge in [-0.3, -0.25) is 0 Å². The molecule has 0 saturated heterocycles. The number of methoxy groups -OCH3 is 1. The number of rotatable bonds is 7. The van der Waals surface area contributed by atoms with E-state index >= 15 is 0 Å². The van der Waals surface area contributed by atoms with Crippen LogP contribution >= 0.6 is 0 Å². The molecule has 19 heavy (non-hydrogen) atoms. The first-order valence-electron chi connectivity index (χ1n) is 6.48. The second-order valence-electron chi connectivity index (χ2n) is 4.69. The van der Waals surface area contributed by atoms with Crippen molar-refractivity contribution < 1.29 is 18.9 Å². The molecule has 0 fully saturated rings. The highest BCUT2D eigenvalue weighted by atomic mass is 16.7. The van der Waals surface area contributed by atoms with Crippen LogP contribution in [0.25, 0.3) is 0 Å². The molecule has 5 nitrogen and oxygen atoms in total. The minimum absolute atomic E-state index is 0.272. The van der Waals surface area contributed by atoms with E-state index in [1.807, 2.05) is 12.1 Å². The van der Waals surface area contributed by atoms with Crippen molar-refractivity contribution in [2.24, 2.45) is 0 Å². The molecule has 1 heterocycles. The van der Waals surface area contributed by atoms with Gasteiger partial charge in [-0.2, -0.15) is 0 Å². The molecular formula is C14H21NO4. The minimum atomic E-state index is 0.272. The van der Waals surface area contributed by atoms with E-state index in [0.717, 1.165) is 29.4 Å². The van der Waals surface area contributed by atoms with Crippen molar-refractivity contribution >= 4 is 0 Å². The molecule has 1 aliphatic heterocycles. The number of nitrogens with one attached hydrogen (secondary N) is 1. The summed E-state index contributed by atoms with van der Waals surface area (Å²) in [5, 5.41) is 3.38. The van der Waals surface area contributed by atoms with E-state index in [0.29, 0.717) is 19.3 Å². The maximum Gasteiger partial charge on any atom is 0.231 e. The van der Waals surface area contributed by atoms with Crippen molar-refractivity contribution in [2.75, 3.05) is 27.1 Å². The average Bonchev–Trinajstić information content (AvgIpc) is 2.83. The summed E-state index contributed by atoms with van der Waals surface area (Å²) in [7, 11) is 1.66. The monoisotopic (exact) mass is 267 g/mol. The van der Waals surface area contributed by atoms with Gasteiger partial charge in [0.1, 0.15) is 12.4 Å². The van der Waals surface area contributed by atoms with E-state index in [9.17, 15) is 0 Å². The van der Waals surface area contributed by atoms with Crippen LogP contribution < -0.4 is 19.5 Å². The third-order valence-electron chi connectivity index (χ3n) is 2.80. The molecule has 0 unspecified atom stereocenters. The Morgan fingerprint density at radius 1 is 1.21 bits per heavy atom. The summed E-state index contributed by atoms with van der Waals surface area (Å²) in [6.45, 7) is 6.30. The van der Waals surface area contributed by atoms with Gasteiger partial charge in [0.15, 0.2) is 11.5 Å². The molecule has 2 rings (SSSR count). The largest absolute Gasteiger partial charge is 0.491 e. The lowest BCUT2D eigenvalue weighted by Crippen LogP contribution is -2.22. The Kier molecular flexibility index (Phi) is 4.87. The van der Waals surface area contributed by atoms with Gasteiger partial charge in [-0.15, -0.1) is 0 Å². The molecule has 0 bridgehead atoms. The number of hydrogen-bond donors (Lipinski definition) is 1. The molecule has 0 amide bonds. The van der Waals surface area contributed by atoms with Crippen molar-refractivity contribution in [1.29, 1.82) is 0 Å². The lowest BCUT2D eigenvalue weighted by molar-refractivity contribution is 0.145. The van der Waals surface area contributed by atoms with Crippen LogP contribution in [0.2, 0.25) is 0 Å². The van der Waals surface area contributed by atoms with Crippen LogP contribution in [0.1, 0.15) is 19.4 Å². The van der Waals surface area contributed by atoms with Gasteiger partial charge in [-0.1, -0.05) is 13.8 Å². The quantitative estimate of drug-likeness (QED) is 0.765. The Morgan fingerprint density at radius 2 is 1.95 bits per heavy atom. The van der Waals surface area contributed by atoms with Gasteiger partial charge in [0.25, 0.3) is 0 Å². The highest BCUT2D eigenvalue weighted by Crippen LogP contribution is 2.38. The maximum atomic E-state index is 5.73. The Hall–Kier alpha value is -1.46. The van der Waals surface area contributed by atoms with Crippen LogP contribution in [0.3, 0.4) is 0 Å². The fourth-order valence-corrected chi connectivity index (χ4v) is 1.79. The third-order valence-corrected chi connectivity index (χ3v) is 2.80. The zero-order valence-electron chi connectivity index (χ0n) is 11.7. The fraction of sp³-hybridized carbons (Fsp3) is 0.571. The Morgan fingerprint density at radius 3 is 2.63 bits per heavy atom. The summed E-state index contributed by atoms with van der Waals surface area (Å²) in [6.07, 6.45) is 0. The van der Waals surface area contributed by atoms with Crippen LogP contribution in [0.5, 0.6) is 17.2 Å². The summed E-state index contributed by atoms with van der Waals surface area (Å²) in [4.78, 5) is 0. The second-order valence-corrected chi connectivity index (χ2v) is 4.69. The van der Waals surface area contributed by atoms with E-state index in [-0.39, 0.29) is 6.79 Å². The Labute approximate surface area is 113 Å². The van der Waals surface area contributed by atoms with Gasteiger partial charge in [0.05, 0.1) is 6.61 Å². The smallest absolute Gasteiger partial charge is 0.231 e. The van der Waals surface area contributed by atoms with Crippen LogP contribution in [-0.2, 0) is 11.3 Å². The average molecular weight is 267 g/mol. The zero-order chi connectivity index (χ0) is 13.7. The molecule has 0 atom stereocenters. The Bertz CT molecular complexity index is 420. The van der Waals surface area contributed by atoms with E-state index in [1.165, 1.54) is 0 Å². The molecule has 0 aliphatic carbocycles. The topological polar surface area (TPSA) is 49.0 Å². The molecular weight excluding hydrogens is 246 g/mol. The maximum absolute atomic E-state index is 5.73. The first kappa shape index (κ1) is 14.0. The van der Waals surface area contributed by atoms with Crippen LogP contribution in [0.15, 0.2) is 12.1 Å². The summed E-state index contributed by atoms with van der Waals surface area (Å²) in [5.41, 5.74) is 1.06. The summed E-state index contributed by atoms with van der Waals surface area (Å²) in [5.74, 6) is 2.33. The van der Waals surface area contributed by atoms with Crippen molar-refractivity contribution in [3.05, 3.63) is 17.7 Å². The molecule has 0 spiro atoms. The molecule has 106 valence electrons. The number of fused-ring (bicyclic) bond motifs is 1. The van der Waals surface area contributed by atoms with Gasteiger partial charge < -0.3 is 24.3 Å². The first-order valence-corrected chi connectivity index (χ1v) is 6.48. The number of hydrogen-bond acceptors (Lipinski definition) is 5. The van der Waals surface area contributed by atoms with E-state index in [1.54, 1.807) is 7.11 Å². The zero-order valence-corrected chi connectivity index (χ0v) is 11.7. The van der Waals surface area contributed by atoms with Crippen molar-refractivity contribution in [1.82, 2.24) is 5.32 Å². The highest BCUT2D eigenvalue weighted by Gasteiger charge is 2.18. The normalized spacial score (nSPS) is 13.1. The molecule has 0 radical (unpaired) electrons. The highest BCUT2D eigenvalue weighted by molar-refractivity contribution is 5.51. The molecule has 1 aromatic carbocycles. The van der Waals surface area contributed by atoms with Gasteiger partial charge in [0.2, 0.25) is 6.79 Å².